The molecule has 0 saturated carbocycles. The maximum atomic E-state index is 11.8. The van der Waals surface area contributed by atoms with Gasteiger partial charge in [-0.05, 0) is 114 Å². The van der Waals surface area contributed by atoms with Crippen molar-refractivity contribution in [2.24, 2.45) is 0 Å². The summed E-state index contributed by atoms with van der Waals surface area (Å²) >= 11 is 0. The third kappa shape index (κ3) is 25.1. The van der Waals surface area contributed by atoms with E-state index in [1.807, 2.05) is 32.9 Å². The van der Waals surface area contributed by atoms with Gasteiger partial charge in [-0.15, -0.1) is 0 Å². The lowest BCUT2D eigenvalue weighted by atomic mass is 10.1. The number of amides is 3. The molecule has 0 fully saturated rings. The van der Waals surface area contributed by atoms with Gasteiger partial charge in [0.1, 0.15) is 0 Å². The Kier molecular flexibility index (Phi) is 21.2. The highest BCUT2D eigenvalue weighted by Crippen LogP contribution is 2.11. The molecule has 3 aromatic carbocycles. The third-order valence-corrected chi connectivity index (χ3v) is 4.33. The van der Waals surface area contributed by atoms with Crippen LogP contribution in [0.25, 0.3) is 0 Å². The fraction of sp³-hybridized carbons (Fsp3) is 0.303. The molecule has 11 nitrogen and oxygen atoms in total. The highest BCUT2D eigenvalue weighted by atomic mass is 16.3. The van der Waals surface area contributed by atoms with Crippen LogP contribution in [0.4, 0.5) is 17.1 Å². The molecule has 12 heteroatoms. The van der Waals surface area contributed by atoms with Crippen molar-refractivity contribution < 1.29 is 25.0 Å². The van der Waals surface area contributed by atoms with Gasteiger partial charge in [0, 0.05) is 50.4 Å². The Hall–Kier alpha value is -5.17. The molecule has 3 amide bonds. The molecule has 0 heterocycles. The van der Waals surface area contributed by atoms with Crippen molar-refractivity contribution in [2.45, 2.75) is 66.5 Å². The molecule has 0 bridgehead atoms. The maximum absolute atomic E-state index is 11.8. The minimum Gasteiger partial charge on any atom is -0.457 e. The van der Waals surface area contributed by atoms with Gasteiger partial charge < -0.3 is 32.3 Å². The Labute approximate surface area is 268 Å². The molecule has 3 rings (SSSR count). The number of carbonyl (C=O) groups is 3. The molecule has 0 atom stereocenters. The lowest BCUT2D eigenvalue weighted by molar-refractivity contribution is -0.115. The van der Waals surface area contributed by atoms with Crippen LogP contribution in [0.1, 0.15) is 76.9 Å². The summed E-state index contributed by atoms with van der Waals surface area (Å²) in [6.07, 6.45) is 0. The number of hydrogen-bond acceptors (Lipinski definition) is 7. The minimum atomic E-state index is -0.500. The molecule has 0 aliphatic rings. The highest BCUT2D eigenvalue weighted by Gasteiger charge is 2.14. The summed E-state index contributed by atoms with van der Waals surface area (Å²) in [7, 11) is 0. The van der Waals surface area contributed by atoms with Gasteiger partial charge in [-0.2, -0.15) is 10.5 Å². The number of nitrogens with one attached hydrogen (secondary N) is 3. The molecule has 0 aliphatic carbocycles. The van der Waals surface area contributed by atoms with Crippen molar-refractivity contribution in [3.8, 4) is 12.1 Å². The van der Waals surface area contributed by atoms with Gasteiger partial charge >= 0.3 is 0 Å². The first kappa shape index (κ1) is 44.3. The Balaban J connectivity index is -0.000000555. The van der Waals surface area contributed by atoms with E-state index in [9.17, 15) is 14.4 Å². The monoisotopic (exact) mass is 616 g/mol. The van der Waals surface area contributed by atoms with E-state index in [0.717, 1.165) is 0 Å². The van der Waals surface area contributed by atoms with E-state index in [4.69, 9.17) is 21.4 Å². The van der Waals surface area contributed by atoms with Crippen LogP contribution in [-0.4, -0.2) is 42.4 Å². The van der Waals surface area contributed by atoms with Crippen molar-refractivity contribution in [1.29, 1.82) is 10.5 Å². The van der Waals surface area contributed by atoms with Crippen molar-refractivity contribution in [1.82, 2.24) is 5.32 Å². The number of nitrogens with zero attached hydrogens (tertiary/aromatic N) is 2. The quantitative estimate of drug-likeness (QED) is 0.163. The predicted octanol–water partition coefficient (Wildman–Crippen LogP) is 4.30. The number of nitrogen functional groups attached to an aromatic ring is 1. The average molecular weight is 617 g/mol. The van der Waals surface area contributed by atoms with Crippen LogP contribution >= 0.6 is 0 Å². The molecule has 0 aliphatic heterocycles. The first-order chi connectivity index (χ1) is 19.8. The molecule has 0 saturated heterocycles. The molecule has 0 spiro atoms. The Morgan fingerprint density at radius 2 is 1.00 bits per heavy atom. The normalized spacial score (nSPS) is 9.40. The third-order valence-electron chi connectivity index (χ3n) is 4.33. The van der Waals surface area contributed by atoms with Crippen LogP contribution in [0.3, 0.4) is 0 Å². The number of nitriles is 2. The number of hydrogen-bond donors (Lipinski definition) is 5. The number of carbonyl (C=O) groups excluding carboxylic acids is 3. The van der Waals surface area contributed by atoms with Gasteiger partial charge in [-0.1, -0.05) is 0 Å². The first-order valence-corrected chi connectivity index (χ1v) is 13.3. The van der Waals surface area contributed by atoms with Crippen LogP contribution in [0.15, 0.2) is 72.8 Å². The van der Waals surface area contributed by atoms with E-state index in [1.54, 1.807) is 93.6 Å². The standard InChI is InChI=1S/C13H18N2O2.C9H8N2O.C7H6N2.C4H10O.B.H2O/c1-9(16)14-11-7-5-10(6-8-11)12(17)15-13(2,3)4;1-7(12)11-9-4-2-8(6-10)3-5-9;8-5-6-1-3-7(9)4-2-6;1-4(2,3)5;;/h5-8H,1-4H3,(H,14,16)(H,15,17);2-5H,1H3,(H,11,12);1-4H,9H2;5H,1-3H3;;1H2/p+1. The summed E-state index contributed by atoms with van der Waals surface area (Å²) in [6.45, 7) is 13.9. The maximum Gasteiger partial charge on any atom is 0.251 e. The molecule has 45 heavy (non-hydrogen) atoms. The van der Waals surface area contributed by atoms with Gasteiger partial charge in [0.05, 0.1) is 28.9 Å². The topological polar surface area (TPSA) is 214 Å². The molecular formula is C33H45BN6O5+. The second-order valence-electron chi connectivity index (χ2n) is 11.2. The molecule has 3 radical (unpaired) electrons. The lowest BCUT2D eigenvalue weighted by Crippen LogP contribution is -2.40. The van der Waals surface area contributed by atoms with Crippen LogP contribution in [0, 0.1) is 22.7 Å². The summed E-state index contributed by atoms with van der Waals surface area (Å²) in [5.41, 5.74) is 8.51. The molecule has 0 unspecified atom stereocenters. The second kappa shape index (κ2) is 21.5. The number of aliphatic hydroxyl groups is 1. The van der Waals surface area contributed by atoms with Gasteiger partial charge in [0.15, 0.2) is 0 Å². The minimum absolute atomic E-state index is 0. The van der Waals surface area contributed by atoms with Gasteiger partial charge in [0.25, 0.3) is 5.91 Å². The SMILES string of the molecule is CC(=O)Nc1ccc(C#N)cc1.CC(=O)Nc1ccc(C(=O)NC(C)(C)C)cc1.CC(C)(C)O.N#Cc1ccc(N)cc1.[B].[OH3+]. The van der Waals surface area contributed by atoms with E-state index in [0.29, 0.717) is 33.8 Å². The smallest absolute Gasteiger partial charge is 0.251 e. The van der Waals surface area contributed by atoms with E-state index in [1.165, 1.54) is 13.8 Å². The number of nitrogens with two attached hydrogens (primary N) is 1. The van der Waals surface area contributed by atoms with Crippen LogP contribution in [0.5, 0.6) is 0 Å². The fourth-order valence-electron chi connectivity index (χ4n) is 2.71. The van der Waals surface area contributed by atoms with E-state index < -0.39 is 5.60 Å². The lowest BCUT2D eigenvalue weighted by Gasteiger charge is -2.20. The summed E-state index contributed by atoms with van der Waals surface area (Å²) in [5.74, 6) is -0.358. The fourth-order valence-corrected chi connectivity index (χ4v) is 2.71. The van der Waals surface area contributed by atoms with Crippen molar-refractivity contribution in [3.05, 3.63) is 89.5 Å². The summed E-state index contributed by atoms with van der Waals surface area (Å²) in [4.78, 5) is 33.2. The summed E-state index contributed by atoms with van der Waals surface area (Å²) in [6, 6.07) is 24.3. The van der Waals surface area contributed by atoms with Crippen molar-refractivity contribution >= 4 is 43.2 Å². The van der Waals surface area contributed by atoms with E-state index in [-0.39, 0.29) is 37.1 Å². The largest absolute Gasteiger partial charge is 0.457 e. The predicted molar refractivity (Wildman–Crippen MR) is 182 cm³/mol. The zero-order chi connectivity index (χ0) is 33.2. The van der Waals surface area contributed by atoms with Gasteiger partial charge in [0.2, 0.25) is 11.8 Å². The molecular weight excluding hydrogens is 571 g/mol. The zero-order valence-corrected chi connectivity index (χ0v) is 27.2. The summed E-state index contributed by atoms with van der Waals surface area (Å²) in [5, 5.41) is 33.5. The first-order valence-electron chi connectivity index (χ1n) is 13.3. The molecule has 239 valence electrons. The van der Waals surface area contributed by atoms with Crippen molar-refractivity contribution in [3.63, 3.8) is 0 Å². The molecule has 9 N–H and O–H groups in total. The zero-order valence-electron chi connectivity index (χ0n) is 27.2. The molecule has 0 aromatic heterocycles. The second-order valence-corrected chi connectivity index (χ2v) is 11.2. The van der Waals surface area contributed by atoms with Crippen LogP contribution in [0.2, 0.25) is 0 Å². The summed E-state index contributed by atoms with van der Waals surface area (Å²) < 4.78 is 0. The average Bonchev–Trinajstić information content (AvgIpc) is 2.88. The highest BCUT2D eigenvalue weighted by molar-refractivity contribution is 5.95. The Morgan fingerprint density at radius 3 is 1.29 bits per heavy atom. The van der Waals surface area contributed by atoms with Crippen molar-refractivity contribution in [2.75, 3.05) is 16.4 Å². The van der Waals surface area contributed by atoms with Crippen LogP contribution < -0.4 is 21.7 Å². The van der Waals surface area contributed by atoms with Crippen LogP contribution in [-0.2, 0) is 15.1 Å². The molecule has 3 aromatic rings. The van der Waals surface area contributed by atoms with E-state index >= 15 is 0 Å². The number of anilines is 3. The van der Waals surface area contributed by atoms with Gasteiger partial charge in [-0.3, -0.25) is 14.4 Å². The van der Waals surface area contributed by atoms with Gasteiger partial charge in [-0.25, -0.2) is 0 Å². The van der Waals surface area contributed by atoms with E-state index in [2.05, 4.69) is 16.0 Å². The Bertz CT molecular complexity index is 1390. The number of rotatable bonds is 3. The Morgan fingerprint density at radius 1 is 0.689 bits per heavy atom. The number of benzene rings is 3.